The van der Waals surface area contributed by atoms with Crippen molar-refractivity contribution in [2.24, 2.45) is 5.10 Å². The molecule has 0 saturated carbocycles. The molecule has 1 atom stereocenters. The molecule has 0 bridgehead atoms. The Hall–Kier alpha value is -2.73. The van der Waals surface area contributed by atoms with Crippen LogP contribution >= 0.6 is 11.3 Å². The zero-order valence-electron chi connectivity index (χ0n) is 15.6. The summed E-state index contributed by atoms with van der Waals surface area (Å²) >= 11 is 1.51. The lowest BCUT2D eigenvalue weighted by Crippen LogP contribution is -2.26. The van der Waals surface area contributed by atoms with Crippen LogP contribution in [0.5, 0.6) is 0 Å². The van der Waals surface area contributed by atoms with Crippen LogP contribution in [-0.2, 0) is 4.79 Å². The maximum absolute atomic E-state index is 12.7. The number of nitrogens with one attached hydrogen (secondary N) is 1. The molecule has 3 heterocycles. The van der Waals surface area contributed by atoms with E-state index in [1.807, 2.05) is 56.5 Å². The molecule has 6 heteroatoms. The number of aromatic amines is 1. The smallest absolute Gasteiger partial charge is 0.258 e. The molecule has 1 aromatic carbocycles. The van der Waals surface area contributed by atoms with Crippen molar-refractivity contribution < 1.29 is 4.79 Å². The summed E-state index contributed by atoms with van der Waals surface area (Å²) in [7, 11) is 0. The van der Waals surface area contributed by atoms with Gasteiger partial charge < -0.3 is 4.98 Å². The Bertz CT molecular complexity index is 1110. The van der Waals surface area contributed by atoms with Gasteiger partial charge in [0.1, 0.15) is 4.83 Å². The Kier molecular flexibility index (Phi) is 4.44. The van der Waals surface area contributed by atoms with Crippen LogP contribution in [-0.4, -0.2) is 21.6 Å². The molecule has 138 valence electrons. The molecule has 27 heavy (non-hydrogen) atoms. The summed E-state index contributed by atoms with van der Waals surface area (Å²) in [5, 5.41) is 9.16. The second-order valence-electron chi connectivity index (χ2n) is 6.89. The molecular weight excluding hydrogens is 358 g/mol. The fourth-order valence-corrected chi connectivity index (χ4v) is 4.46. The number of thiophene rings is 1. The first-order valence-corrected chi connectivity index (χ1v) is 9.94. The molecule has 0 radical (unpaired) electrons. The van der Waals surface area contributed by atoms with Gasteiger partial charge >= 0.3 is 0 Å². The molecule has 4 rings (SSSR count). The zero-order valence-corrected chi connectivity index (χ0v) is 16.4. The number of hydrogen-bond acceptors (Lipinski definition) is 4. The first kappa shape index (κ1) is 17.7. The van der Waals surface area contributed by atoms with Gasteiger partial charge in [0.15, 0.2) is 0 Å². The maximum atomic E-state index is 12.7. The van der Waals surface area contributed by atoms with E-state index in [-0.39, 0.29) is 17.5 Å². The number of aromatic nitrogens is 1. The van der Waals surface area contributed by atoms with Gasteiger partial charge in [-0.15, -0.1) is 11.3 Å². The average molecular weight is 379 g/mol. The van der Waals surface area contributed by atoms with E-state index in [2.05, 4.69) is 10.1 Å². The number of aryl methyl sites for hydroxylation is 2. The van der Waals surface area contributed by atoms with Crippen LogP contribution in [0.4, 0.5) is 0 Å². The van der Waals surface area contributed by atoms with Crippen molar-refractivity contribution >= 4 is 33.2 Å². The highest BCUT2D eigenvalue weighted by atomic mass is 32.1. The van der Waals surface area contributed by atoms with Gasteiger partial charge in [0, 0.05) is 18.2 Å². The van der Waals surface area contributed by atoms with Crippen molar-refractivity contribution in [1.29, 1.82) is 0 Å². The Labute approximate surface area is 161 Å². The molecule has 2 aromatic heterocycles. The highest BCUT2D eigenvalue weighted by Gasteiger charge is 2.34. The van der Waals surface area contributed by atoms with Gasteiger partial charge in [0.05, 0.1) is 17.3 Å². The number of rotatable bonds is 3. The lowest BCUT2D eigenvalue weighted by atomic mass is 9.95. The predicted molar refractivity (Wildman–Crippen MR) is 109 cm³/mol. The number of benzene rings is 1. The molecule has 0 fully saturated rings. The van der Waals surface area contributed by atoms with E-state index in [1.54, 1.807) is 5.01 Å². The minimum Gasteiger partial charge on any atom is -0.313 e. The van der Waals surface area contributed by atoms with Crippen LogP contribution in [0.3, 0.4) is 0 Å². The van der Waals surface area contributed by atoms with Crippen LogP contribution in [0.1, 0.15) is 48.1 Å². The molecule has 1 N–H and O–H groups in total. The lowest BCUT2D eigenvalue weighted by molar-refractivity contribution is -0.132. The Morgan fingerprint density at radius 2 is 2.00 bits per heavy atom. The number of hydrazone groups is 1. The fraction of sp³-hybridized carbons (Fsp3) is 0.286. The number of hydrogen-bond donors (Lipinski definition) is 1. The molecule has 1 amide bonds. The van der Waals surface area contributed by atoms with E-state index < -0.39 is 0 Å². The third-order valence-electron chi connectivity index (χ3n) is 5.12. The van der Waals surface area contributed by atoms with Gasteiger partial charge in [-0.05, 0) is 36.4 Å². The molecule has 5 nitrogen and oxygen atoms in total. The molecule has 0 aliphatic carbocycles. The topological polar surface area (TPSA) is 65.5 Å². The number of carbonyl (C=O) groups excluding carboxylic acids is 1. The normalized spacial score (nSPS) is 16.8. The molecule has 0 spiro atoms. The largest absolute Gasteiger partial charge is 0.313 e. The van der Waals surface area contributed by atoms with E-state index in [9.17, 15) is 9.59 Å². The molecule has 3 aromatic rings. The quantitative estimate of drug-likeness (QED) is 0.737. The summed E-state index contributed by atoms with van der Waals surface area (Å²) < 4.78 is 0. The van der Waals surface area contributed by atoms with Gasteiger partial charge in [-0.3, -0.25) is 9.59 Å². The molecule has 1 aliphatic heterocycles. The number of pyridine rings is 1. The third-order valence-corrected chi connectivity index (χ3v) is 5.95. The van der Waals surface area contributed by atoms with Crippen LogP contribution in [0.25, 0.3) is 10.2 Å². The SMILES string of the molecule is CCC(=O)N1N=C(c2c(C)c3ccsc3[nH]c2=O)CC1c1ccc(C)cc1. The van der Waals surface area contributed by atoms with Crippen LogP contribution in [0.15, 0.2) is 45.6 Å². The molecule has 1 unspecified atom stereocenters. The number of carbonyl (C=O) groups is 1. The van der Waals surface area contributed by atoms with Gasteiger partial charge in [0.25, 0.3) is 5.56 Å². The first-order chi connectivity index (χ1) is 13.0. The number of fused-ring (bicyclic) bond motifs is 1. The van der Waals surface area contributed by atoms with E-state index in [4.69, 9.17) is 0 Å². The molecule has 0 saturated heterocycles. The summed E-state index contributed by atoms with van der Waals surface area (Å²) in [6.45, 7) is 5.82. The van der Waals surface area contributed by atoms with Crippen molar-refractivity contribution in [1.82, 2.24) is 9.99 Å². The predicted octanol–water partition coefficient (Wildman–Crippen LogP) is 4.29. The third kappa shape index (κ3) is 3.00. The molecular formula is C21H21N3O2S. The second-order valence-corrected chi connectivity index (χ2v) is 7.80. The minimum absolute atomic E-state index is 0.0405. The Morgan fingerprint density at radius 3 is 2.70 bits per heavy atom. The summed E-state index contributed by atoms with van der Waals surface area (Å²) in [5.74, 6) is -0.0405. The van der Waals surface area contributed by atoms with Crippen LogP contribution in [0.2, 0.25) is 0 Å². The summed E-state index contributed by atoms with van der Waals surface area (Å²) in [4.78, 5) is 29.1. The van der Waals surface area contributed by atoms with Crippen molar-refractivity contribution in [2.45, 2.75) is 39.7 Å². The maximum Gasteiger partial charge on any atom is 0.258 e. The van der Waals surface area contributed by atoms with Gasteiger partial charge in [0.2, 0.25) is 5.91 Å². The first-order valence-electron chi connectivity index (χ1n) is 9.06. The second kappa shape index (κ2) is 6.78. The summed E-state index contributed by atoms with van der Waals surface area (Å²) in [5.41, 5.74) is 4.24. The van der Waals surface area contributed by atoms with E-state index >= 15 is 0 Å². The van der Waals surface area contributed by atoms with Gasteiger partial charge in [-0.2, -0.15) is 5.10 Å². The van der Waals surface area contributed by atoms with Gasteiger partial charge in [-0.25, -0.2) is 5.01 Å². The monoisotopic (exact) mass is 379 g/mol. The average Bonchev–Trinajstić information content (AvgIpc) is 3.29. The standard InChI is InChI=1S/C21H21N3O2S/c1-4-18(25)24-17(14-7-5-12(2)6-8-14)11-16(23-24)19-13(3)15-9-10-27-21(15)22-20(19)26/h5-10,17H,4,11H2,1-3H3,(H,22,26). The Balaban J connectivity index is 1.81. The highest BCUT2D eigenvalue weighted by molar-refractivity contribution is 7.16. The van der Waals surface area contributed by atoms with Crippen LogP contribution < -0.4 is 5.56 Å². The Morgan fingerprint density at radius 1 is 1.26 bits per heavy atom. The fourth-order valence-electron chi connectivity index (χ4n) is 3.62. The summed E-state index contributed by atoms with van der Waals surface area (Å²) in [6.07, 6.45) is 0.909. The van der Waals surface area contributed by atoms with Crippen molar-refractivity contribution in [3.05, 3.63) is 68.3 Å². The zero-order chi connectivity index (χ0) is 19.1. The van der Waals surface area contributed by atoms with Crippen LogP contribution in [0, 0.1) is 13.8 Å². The van der Waals surface area contributed by atoms with Crippen molar-refractivity contribution in [3.8, 4) is 0 Å². The van der Waals surface area contributed by atoms with Gasteiger partial charge in [-0.1, -0.05) is 36.8 Å². The lowest BCUT2D eigenvalue weighted by Gasteiger charge is -2.21. The highest BCUT2D eigenvalue weighted by Crippen LogP contribution is 2.34. The van der Waals surface area contributed by atoms with E-state index in [0.29, 0.717) is 24.1 Å². The van der Waals surface area contributed by atoms with E-state index in [1.165, 1.54) is 16.9 Å². The summed E-state index contributed by atoms with van der Waals surface area (Å²) in [6, 6.07) is 9.98. The minimum atomic E-state index is -0.176. The van der Waals surface area contributed by atoms with Crippen molar-refractivity contribution in [3.63, 3.8) is 0 Å². The number of nitrogens with zero attached hydrogens (tertiary/aromatic N) is 2. The molecule has 1 aliphatic rings. The number of amides is 1. The number of H-pyrrole nitrogens is 1. The van der Waals surface area contributed by atoms with Crippen molar-refractivity contribution in [2.75, 3.05) is 0 Å². The van der Waals surface area contributed by atoms with E-state index in [0.717, 1.165) is 21.3 Å².